The Morgan fingerprint density at radius 2 is 2.07 bits per heavy atom. The smallest absolute Gasteiger partial charge is 0.266 e. The number of aryl methyl sites for hydroxylation is 2. The first-order valence-corrected chi connectivity index (χ1v) is 9.73. The summed E-state index contributed by atoms with van der Waals surface area (Å²) in [6.45, 7) is 8.30. The van der Waals surface area contributed by atoms with Gasteiger partial charge in [-0.2, -0.15) is 0 Å². The summed E-state index contributed by atoms with van der Waals surface area (Å²) in [5.74, 6) is -0.0265. The molecule has 0 radical (unpaired) electrons. The summed E-state index contributed by atoms with van der Waals surface area (Å²) < 4.78 is 1.65. The van der Waals surface area contributed by atoms with Crippen LogP contribution >= 0.6 is 0 Å². The van der Waals surface area contributed by atoms with Crippen LogP contribution in [0.4, 0.5) is 0 Å². The quantitative estimate of drug-likeness (QED) is 0.735. The molecule has 6 nitrogen and oxygen atoms in total. The van der Waals surface area contributed by atoms with Crippen molar-refractivity contribution >= 4 is 11.6 Å². The molecule has 3 aromatic rings. The highest BCUT2D eigenvalue weighted by Crippen LogP contribution is 2.41. The standard InChI is InChI=1S/C22H26N4O2/c1-13-16(14(2)26-19(23-13)12-21(28)25-26)11-20(27)24-18-9-10-22(3,4)17-8-6-5-7-15(17)18/h5-8,12,18H,9-11H2,1-4H3,(H,24,27)(H,25,28). The van der Waals surface area contributed by atoms with Gasteiger partial charge in [-0.15, -0.1) is 0 Å². The van der Waals surface area contributed by atoms with Crippen molar-refractivity contribution in [1.82, 2.24) is 19.9 Å². The predicted molar refractivity (Wildman–Crippen MR) is 109 cm³/mol. The lowest BCUT2D eigenvalue weighted by atomic mass is 9.71. The second-order valence-electron chi connectivity index (χ2n) is 8.38. The van der Waals surface area contributed by atoms with Crippen molar-refractivity contribution in [2.75, 3.05) is 0 Å². The van der Waals surface area contributed by atoms with Crippen LogP contribution in [0, 0.1) is 13.8 Å². The number of carbonyl (C=O) groups is 1. The number of aromatic amines is 1. The average molecular weight is 378 g/mol. The number of hydrogen-bond acceptors (Lipinski definition) is 3. The summed E-state index contributed by atoms with van der Waals surface area (Å²) in [5.41, 5.74) is 5.49. The maximum absolute atomic E-state index is 12.9. The van der Waals surface area contributed by atoms with E-state index in [4.69, 9.17) is 0 Å². The maximum Gasteiger partial charge on any atom is 0.266 e. The Balaban J connectivity index is 1.59. The fraction of sp³-hybridized carbons (Fsp3) is 0.409. The Bertz CT molecular complexity index is 1120. The van der Waals surface area contributed by atoms with Crippen molar-refractivity contribution < 1.29 is 4.79 Å². The normalized spacial score (nSPS) is 18.1. The van der Waals surface area contributed by atoms with Crippen LogP contribution < -0.4 is 10.9 Å². The third kappa shape index (κ3) is 3.13. The zero-order valence-corrected chi connectivity index (χ0v) is 16.8. The van der Waals surface area contributed by atoms with Crippen LogP contribution in [0.25, 0.3) is 5.65 Å². The molecule has 2 N–H and O–H groups in total. The molecule has 2 heterocycles. The van der Waals surface area contributed by atoms with E-state index in [9.17, 15) is 9.59 Å². The lowest BCUT2D eigenvalue weighted by Gasteiger charge is -2.37. The molecule has 0 aliphatic heterocycles. The van der Waals surface area contributed by atoms with E-state index in [1.54, 1.807) is 4.52 Å². The Morgan fingerprint density at radius 3 is 2.86 bits per heavy atom. The summed E-state index contributed by atoms with van der Waals surface area (Å²) in [6, 6.07) is 9.88. The zero-order chi connectivity index (χ0) is 20.1. The molecule has 0 saturated carbocycles. The zero-order valence-electron chi connectivity index (χ0n) is 16.8. The van der Waals surface area contributed by atoms with E-state index in [0.29, 0.717) is 5.65 Å². The molecule has 4 rings (SSSR count). The summed E-state index contributed by atoms with van der Waals surface area (Å²) in [6.07, 6.45) is 2.20. The molecule has 6 heteroatoms. The Morgan fingerprint density at radius 1 is 1.32 bits per heavy atom. The lowest BCUT2D eigenvalue weighted by Crippen LogP contribution is -2.36. The summed E-state index contributed by atoms with van der Waals surface area (Å²) in [7, 11) is 0. The molecule has 1 amide bonds. The van der Waals surface area contributed by atoms with Crippen LogP contribution in [-0.2, 0) is 16.6 Å². The van der Waals surface area contributed by atoms with E-state index in [0.717, 1.165) is 29.8 Å². The number of rotatable bonds is 3. The minimum Gasteiger partial charge on any atom is -0.349 e. The number of fused-ring (bicyclic) bond motifs is 2. The third-order valence-electron chi connectivity index (χ3n) is 6.00. The van der Waals surface area contributed by atoms with Gasteiger partial charge in [-0.05, 0) is 43.2 Å². The maximum atomic E-state index is 12.9. The number of carbonyl (C=O) groups excluding carboxylic acids is 1. The monoisotopic (exact) mass is 378 g/mol. The number of H-pyrrole nitrogens is 1. The van der Waals surface area contributed by atoms with E-state index in [1.807, 2.05) is 19.9 Å². The number of hydrogen-bond donors (Lipinski definition) is 2. The van der Waals surface area contributed by atoms with Crippen LogP contribution in [0.15, 0.2) is 35.1 Å². The fourth-order valence-electron chi connectivity index (χ4n) is 4.38. The van der Waals surface area contributed by atoms with Gasteiger partial charge in [0.25, 0.3) is 5.56 Å². The molecule has 1 aliphatic carbocycles. The molecule has 1 aliphatic rings. The average Bonchev–Trinajstić information content (AvgIpc) is 3.02. The van der Waals surface area contributed by atoms with Crippen molar-refractivity contribution in [3.05, 3.63) is 68.8 Å². The Labute approximate surface area is 164 Å². The molecule has 0 bridgehead atoms. The van der Waals surface area contributed by atoms with Crippen molar-refractivity contribution in [1.29, 1.82) is 0 Å². The van der Waals surface area contributed by atoms with Gasteiger partial charge in [0.1, 0.15) is 0 Å². The summed E-state index contributed by atoms with van der Waals surface area (Å²) >= 11 is 0. The van der Waals surface area contributed by atoms with Crippen LogP contribution in [-0.4, -0.2) is 20.5 Å². The van der Waals surface area contributed by atoms with E-state index < -0.39 is 0 Å². The highest BCUT2D eigenvalue weighted by atomic mass is 16.1. The van der Waals surface area contributed by atoms with Crippen LogP contribution in [0.5, 0.6) is 0 Å². The highest BCUT2D eigenvalue weighted by molar-refractivity contribution is 5.79. The van der Waals surface area contributed by atoms with Gasteiger partial charge in [-0.1, -0.05) is 38.1 Å². The topological polar surface area (TPSA) is 79.3 Å². The van der Waals surface area contributed by atoms with Crippen LogP contribution in [0.3, 0.4) is 0 Å². The van der Waals surface area contributed by atoms with Gasteiger partial charge in [0, 0.05) is 23.0 Å². The van der Waals surface area contributed by atoms with Gasteiger partial charge in [-0.25, -0.2) is 9.50 Å². The minimum absolute atomic E-state index is 0.0265. The molecule has 1 aromatic carbocycles. The van der Waals surface area contributed by atoms with Crippen molar-refractivity contribution in [2.45, 2.75) is 58.4 Å². The van der Waals surface area contributed by atoms with Gasteiger partial charge in [-0.3, -0.25) is 14.7 Å². The first-order chi connectivity index (χ1) is 13.3. The molecule has 1 unspecified atom stereocenters. The molecular weight excluding hydrogens is 352 g/mol. The van der Waals surface area contributed by atoms with E-state index >= 15 is 0 Å². The molecule has 2 aromatic heterocycles. The molecule has 0 spiro atoms. The number of nitrogens with one attached hydrogen (secondary N) is 2. The van der Waals surface area contributed by atoms with E-state index in [-0.39, 0.29) is 29.3 Å². The number of aromatic nitrogens is 3. The van der Waals surface area contributed by atoms with Gasteiger partial charge in [0.05, 0.1) is 12.5 Å². The van der Waals surface area contributed by atoms with Crippen LogP contribution in [0.1, 0.15) is 60.8 Å². The van der Waals surface area contributed by atoms with Crippen molar-refractivity contribution in [3.63, 3.8) is 0 Å². The summed E-state index contributed by atoms with van der Waals surface area (Å²) in [4.78, 5) is 29.0. The van der Waals surface area contributed by atoms with Crippen LogP contribution in [0.2, 0.25) is 0 Å². The number of amides is 1. The first kappa shape index (κ1) is 18.5. The first-order valence-electron chi connectivity index (χ1n) is 9.73. The van der Waals surface area contributed by atoms with Gasteiger partial charge in [0.15, 0.2) is 5.65 Å². The fourth-order valence-corrected chi connectivity index (χ4v) is 4.38. The third-order valence-corrected chi connectivity index (χ3v) is 6.00. The number of benzene rings is 1. The van der Waals surface area contributed by atoms with Gasteiger partial charge in [0.2, 0.25) is 5.91 Å². The summed E-state index contributed by atoms with van der Waals surface area (Å²) in [5, 5.41) is 5.96. The van der Waals surface area contributed by atoms with Crippen molar-refractivity contribution in [2.24, 2.45) is 0 Å². The molecular formula is C22H26N4O2. The molecule has 146 valence electrons. The second kappa shape index (κ2) is 6.62. The van der Waals surface area contributed by atoms with Gasteiger partial charge >= 0.3 is 0 Å². The molecule has 0 saturated heterocycles. The second-order valence-corrected chi connectivity index (χ2v) is 8.38. The minimum atomic E-state index is -0.196. The Hall–Kier alpha value is -2.89. The lowest BCUT2D eigenvalue weighted by molar-refractivity contribution is -0.121. The molecule has 1 atom stereocenters. The van der Waals surface area contributed by atoms with E-state index in [2.05, 4.69) is 47.4 Å². The molecule has 0 fully saturated rings. The van der Waals surface area contributed by atoms with Crippen molar-refractivity contribution in [3.8, 4) is 0 Å². The van der Waals surface area contributed by atoms with E-state index in [1.165, 1.54) is 17.2 Å². The van der Waals surface area contributed by atoms with Gasteiger partial charge < -0.3 is 5.32 Å². The number of nitrogens with zero attached hydrogens (tertiary/aromatic N) is 2. The SMILES string of the molecule is Cc1nc2cc(=O)[nH]n2c(C)c1CC(=O)NC1CCC(C)(C)c2ccccc21. The largest absolute Gasteiger partial charge is 0.349 e. The highest BCUT2D eigenvalue weighted by Gasteiger charge is 2.33. The molecule has 28 heavy (non-hydrogen) atoms. The Kier molecular flexibility index (Phi) is 4.37. The predicted octanol–water partition coefficient (Wildman–Crippen LogP) is 3.11.